The normalized spacial score (nSPS) is 11.1. The van der Waals surface area contributed by atoms with Gasteiger partial charge in [0.1, 0.15) is 23.7 Å². The minimum Gasteiger partial charge on any atom is -0.497 e. The lowest BCUT2D eigenvalue weighted by Crippen LogP contribution is -2.11. The lowest BCUT2D eigenvalue weighted by Gasteiger charge is -2.16. The average Bonchev–Trinajstić information content (AvgIpc) is 2.77. The standard InChI is InChI=1S/C27H34O4/c1-20(2)10-9-11-21(3)16-17-31-25-19-24(29-4)18-23(26(25)27(28)30-5)15-14-22-12-7-6-8-13-22/h6-8,10,12-13,16,18-19H,9,11,14-15,17H2,1-5H3/b21-16+. The van der Waals surface area contributed by atoms with Crippen LogP contribution in [0, 0.1) is 0 Å². The molecule has 0 spiro atoms. The van der Waals surface area contributed by atoms with Gasteiger partial charge in [-0.3, -0.25) is 0 Å². The van der Waals surface area contributed by atoms with Crippen molar-refractivity contribution < 1.29 is 19.0 Å². The van der Waals surface area contributed by atoms with Crippen LogP contribution in [-0.4, -0.2) is 26.8 Å². The molecule has 0 saturated heterocycles. The second-order valence-electron chi connectivity index (χ2n) is 7.82. The van der Waals surface area contributed by atoms with Crippen LogP contribution in [0.2, 0.25) is 0 Å². The Morgan fingerprint density at radius 3 is 2.35 bits per heavy atom. The topological polar surface area (TPSA) is 44.8 Å². The highest BCUT2D eigenvalue weighted by atomic mass is 16.5. The Labute approximate surface area is 186 Å². The first kappa shape index (κ1) is 24.3. The van der Waals surface area contributed by atoms with E-state index < -0.39 is 5.97 Å². The van der Waals surface area contributed by atoms with E-state index in [9.17, 15) is 4.79 Å². The smallest absolute Gasteiger partial charge is 0.341 e. The molecule has 0 atom stereocenters. The number of carbonyl (C=O) groups is 1. The van der Waals surface area contributed by atoms with Crippen LogP contribution in [0.4, 0.5) is 0 Å². The largest absolute Gasteiger partial charge is 0.497 e. The van der Waals surface area contributed by atoms with Crippen LogP contribution in [0.5, 0.6) is 11.5 Å². The van der Waals surface area contributed by atoms with Crippen molar-refractivity contribution >= 4 is 5.97 Å². The Morgan fingerprint density at radius 1 is 0.968 bits per heavy atom. The quantitative estimate of drug-likeness (QED) is 0.313. The summed E-state index contributed by atoms with van der Waals surface area (Å²) in [6.45, 7) is 6.69. The third-order valence-electron chi connectivity index (χ3n) is 5.07. The Kier molecular flexibility index (Phi) is 9.89. The van der Waals surface area contributed by atoms with E-state index in [1.54, 1.807) is 13.2 Å². The second kappa shape index (κ2) is 12.6. The molecule has 2 rings (SSSR count). The number of carbonyl (C=O) groups excluding carboxylic acids is 1. The lowest BCUT2D eigenvalue weighted by molar-refractivity contribution is 0.0595. The molecule has 0 amide bonds. The fraction of sp³-hybridized carbons (Fsp3) is 0.370. The lowest BCUT2D eigenvalue weighted by atomic mass is 9.98. The van der Waals surface area contributed by atoms with Crippen molar-refractivity contribution in [3.8, 4) is 11.5 Å². The molecule has 0 aliphatic rings. The van der Waals surface area contributed by atoms with Crippen LogP contribution in [0.25, 0.3) is 0 Å². The van der Waals surface area contributed by atoms with Gasteiger partial charge in [0.25, 0.3) is 0 Å². The zero-order valence-electron chi connectivity index (χ0n) is 19.4. The Balaban J connectivity index is 2.22. The number of esters is 1. The van der Waals surface area contributed by atoms with E-state index in [-0.39, 0.29) is 0 Å². The van der Waals surface area contributed by atoms with E-state index in [0.717, 1.165) is 24.8 Å². The molecule has 4 heteroatoms. The van der Waals surface area contributed by atoms with Crippen molar-refractivity contribution in [1.29, 1.82) is 0 Å². The number of methoxy groups -OCH3 is 2. The first-order valence-electron chi connectivity index (χ1n) is 10.7. The third-order valence-corrected chi connectivity index (χ3v) is 5.07. The monoisotopic (exact) mass is 422 g/mol. The van der Waals surface area contributed by atoms with Gasteiger partial charge in [-0.25, -0.2) is 4.79 Å². The number of hydrogen-bond acceptors (Lipinski definition) is 4. The van der Waals surface area contributed by atoms with Gasteiger partial charge in [0.2, 0.25) is 0 Å². The molecule has 4 nitrogen and oxygen atoms in total. The number of ether oxygens (including phenoxy) is 3. The number of rotatable bonds is 11. The minimum absolute atomic E-state index is 0.385. The van der Waals surface area contributed by atoms with Crippen molar-refractivity contribution in [2.75, 3.05) is 20.8 Å². The SMILES string of the molecule is COC(=O)c1c(CCc2ccccc2)cc(OC)cc1OC/C=C(\C)CCC=C(C)C. The zero-order valence-corrected chi connectivity index (χ0v) is 19.4. The Hall–Kier alpha value is -3.01. The van der Waals surface area contributed by atoms with Gasteiger partial charge in [-0.1, -0.05) is 47.6 Å². The molecule has 0 unspecified atom stereocenters. The maximum absolute atomic E-state index is 12.6. The first-order chi connectivity index (χ1) is 14.9. The number of aryl methyl sites for hydroxylation is 2. The molecule has 0 bridgehead atoms. The molecule has 31 heavy (non-hydrogen) atoms. The summed E-state index contributed by atoms with van der Waals surface area (Å²) in [6.07, 6.45) is 7.78. The molecule has 0 aliphatic heterocycles. The molecular weight excluding hydrogens is 388 g/mol. The highest BCUT2D eigenvalue weighted by Crippen LogP contribution is 2.31. The van der Waals surface area contributed by atoms with Crippen molar-refractivity contribution in [2.24, 2.45) is 0 Å². The van der Waals surface area contributed by atoms with Crippen LogP contribution < -0.4 is 9.47 Å². The van der Waals surface area contributed by atoms with E-state index in [0.29, 0.717) is 30.1 Å². The first-order valence-corrected chi connectivity index (χ1v) is 10.7. The maximum atomic E-state index is 12.6. The van der Waals surface area contributed by atoms with E-state index in [1.807, 2.05) is 24.3 Å². The van der Waals surface area contributed by atoms with E-state index in [1.165, 1.54) is 23.8 Å². The fourth-order valence-corrected chi connectivity index (χ4v) is 3.30. The van der Waals surface area contributed by atoms with Crippen LogP contribution in [-0.2, 0) is 17.6 Å². The molecule has 0 saturated carbocycles. The van der Waals surface area contributed by atoms with E-state index >= 15 is 0 Å². The number of hydrogen-bond donors (Lipinski definition) is 0. The predicted molar refractivity (Wildman–Crippen MR) is 126 cm³/mol. The van der Waals surface area contributed by atoms with Crippen LogP contribution in [0.1, 0.15) is 55.1 Å². The number of allylic oxidation sites excluding steroid dienone is 3. The predicted octanol–water partition coefficient (Wildman–Crippen LogP) is 6.34. The molecule has 0 fully saturated rings. The molecule has 166 valence electrons. The van der Waals surface area contributed by atoms with Crippen LogP contribution in [0.15, 0.2) is 65.8 Å². The summed E-state index contributed by atoms with van der Waals surface area (Å²) in [5, 5.41) is 0. The number of benzene rings is 2. The van der Waals surface area contributed by atoms with Crippen molar-refractivity contribution in [3.05, 3.63) is 82.5 Å². The molecule has 2 aromatic carbocycles. The summed E-state index contributed by atoms with van der Waals surface area (Å²) in [5.41, 5.74) is 5.11. The fourth-order valence-electron chi connectivity index (χ4n) is 3.30. The highest BCUT2D eigenvalue weighted by molar-refractivity contribution is 5.94. The van der Waals surface area contributed by atoms with Gasteiger partial charge >= 0.3 is 5.97 Å². The summed E-state index contributed by atoms with van der Waals surface area (Å²) in [6, 6.07) is 13.8. The third kappa shape index (κ3) is 7.97. The zero-order chi connectivity index (χ0) is 22.6. The van der Waals surface area contributed by atoms with Crippen LogP contribution in [0.3, 0.4) is 0 Å². The van der Waals surface area contributed by atoms with Gasteiger partial charge in [0, 0.05) is 6.07 Å². The minimum atomic E-state index is -0.398. The van der Waals surface area contributed by atoms with Crippen molar-refractivity contribution in [1.82, 2.24) is 0 Å². The van der Waals surface area contributed by atoms with Gasteiger partial charge in [0.15, 0.2) is 0 Å². The van der Waals surface area contributed by atoms with E-state index in [4.69, 9.17) is 14.2 Å². The highest BCUT2D eigenvalue weighted by Gasteiger charge is 2.20. The van der Waals surface area contributed by atoms with Crippen molar-refractivity contribution in [2.45, 2.75) is 46.5 Å². The van der Waals surface area contributed by atoms with Gasteiger partial charge < -0.3 is 14.2 Å². The summed E-state index contributed by atoms with van der Waals surface area (Å²) in [5.74, 6) is 0.752. The Bertz CT molecular complexity index is 906. The molecular formula is C27H34O4. The molecule has 0 aromatic heterocycles. The Morgan fingerprint density at radius 2 is 1.71 bits per heavy atom. The van der Waals surface area contributed by atoms with Crippen LogP contribution >= 0.6 is 0 Å². The van der Waals surface area contributed by atoms with Gasteiger partial charge in [0.05, 0.1) is 14.2 Å². The summed E-state index contributed by atoms with van der Waals surface area (Å²) >= 11 is 0. The summed E-state index contributed by atoms with van der Waals surface area (Å²) < 4.78 is 16.6. The van der Waals surface area contributed by atoms with Gasteiger partial charge in [-0.05, 0) is 69.7 Å². The summed E-state index contributed by atoms with van der Waals surface area (Å²) in [7, 11) is 3.01. The van der Waals surface area contributed by atoms with Gasteiger partial charge in [-0.15, -0.1) is 0 Å². The molecule has 2 aromatic rings. The second-order valence-corrected chi connectivity index (χ2v) is 7.82. The average molecular weight is 423 g/mol. The van der Waals surface area contributed by atoms with Crippen molar-refractivity contribution in [3.63, 3.8) is 0 Å². The molecule has 0 aliphatic carbocycles. The molecule has 0 radical (unpaired) electrons. The summed E-state index contributed by atoms with van der Waals surface area (Å²) in [4.78, 5) is 12.6. The molecule has 0 heterocycles. The maximum Gasteiger partial charge on any atom is 0.341 e. The van der Waals surface area contributed by atoms with Gasteiger partial charge in [-0.2, -0.15) is 0 Å². The molecule has 0 N–H and O–H groups in total. The van der Waals surface area contributed by atoms with E-state index in [2.05, 4.69) is 45.1 Å².